The van der Waals surface area contributed by atoms with E-state index >= 15 is 0 Å². The average molecular weight is 473 g/mol. The molecule has 2 unspecified atom stereocenters. The molecule has 30 heavy (non-hydrogen) atoms. The fourth-order valence-electron chi connectivity index (χ4n) is 3.51. The summed E-state index contributed by atoms with van der Waals surface area (Å²) in [5.74, 6) is -0.591. The lowest BCUT2D eigenvalue weighted by Crippen LogP contribution is -2.23. The minimum absolute atomic E-state index is 0.123. The number of thiophene rings is 2. The second-order valence-electron chi connectivity index (χ2n) is 6.89. The second kappa shape index (κ2) is 9.84. The van der Waals surface area contributed by atoms with E-state index < -0.39 is 0 Å². The first kappa shape index (κ1) is 21.2. The van der Waals surface area contributed by atoms with Crippen molar-refractivity contribution in [3.8, 4) is 0 Å². The van der Waals surface area contributed by atoms with Crippen LogP contribution in [0.4, 0.5) is 0 Å². The second-order valence-corrected chi connectivity index (χ2v) is 9.60. The van der Waals surface area contributed by atoms with Gasteiger partial charge in [-0.25, -0.2) is 0 Å². The van der Waals surface area contributed by atoms with Crippen molar-refractivity contribution in [2.24, 2.45) is 0 Å². The molecule has 0 amide bonds. The Morgan fingerprint density at radius 2 is 1.13 bits per heavy atom. The van der Waals surface area contributed by atoms with Gasteiger partial charge in [0.15, 0.2) is 0 Å². The third-order valence-electron chi connectivity index (χ3n) is 4.99. The van der Waals surface area contributed by atoms with Crippen molar-refractivity contribution < 1.29 is 4.79 Å². The van der Waals surface area contributed by atoms with Crippen LogP contribution in [0.2, 0.25) is 10.0 Å². The number of nitrogens with zero attached hydrogens (tertiary/aromatic N) is 2. The van der Waals surface area contributed by atoms with Crippen LogP contribution in [0, 0.1) is 0 Å². The summed E-state index contributed by atoms with van der Waals surface area (Å²) >= 11 is 16.0. The molecule has 0 aliphatic heterocycles. The van der Waals surface area contributed by atoms with Crippen LogP contribution in [0.1, 0.15) is 32.7 Å². The first-order valence-corrected chi connectivity index (χ1v) is 11.9. The van der Waals surface area contributed by atoms with Crippen LogP contribution in [0.5, 0.6) is 0 Å². The fourth-order valence-corrected chi connectivity index (χ4v) is 6.10. The molecular formula is C23H18Cl2N2OS2. The molecule has 0 fully saturated rings. The maximum absolute atomic E-state index is 14.0. The number of hydrogen-bond donors (Lipinski definition) is 0. The Morgan fingerprint density at radius 3 is 1.47 bits per heavy atom. The average Bonchev–Trinajstić information content (AvgIpc) is 3.39. The highest BCUT2D eigenvalue weighted by Gasteiger charge is 2.33. The van der Waals surface area contributed by atoms with Crippen LogP contribution in [0.25, 0.3) is 0 Å². The Hall–Kier alpha value is -2.05. The molecule has 3 nitrogen and oxygen atoms in total. The van der Waals surface area contributed by atoms with E-state index in [-0.39, 0.29) is 17.6 Å². The van der Waals surface area contributed by atoms with Gasteiger partial charge in [0.05, 0.1) is 21.9 Å². The quantitative estimate of drug-likeness (QED) is 0.282. The third kappa shape index (κ3) is 4.81. The first-order valence-electron chi connectivity index (χ1n) is 9.40. The molecule has 7 heteroatoms. The smallest absolute Gasteiger partial charge is 0.150 e. The molecule has 0 saturated heterocycles. The highest BCUT2D eigenvalue weighted by atomic mass is 35.5. The van der Waals surface area contributed by atoms with Crippen molar-refractivity contribution in [2.45, 2.75) is 24.7 Å². The topological polar surface area (TPSA) is 42.9 Å². The predicted octanol–water partition coefficient (Wildman–Crippen LogP) is 6.83. The summed E-state index contributed by atoms with van der Waals surface area (Å²) in [5, 5.41) is 5.13. The minimum Gasteiger partial charge on any atom is -0.298 e. The number of halogens is 2. The zero-order valence-electron chi connectivity index (χ0n) is 15.9. The third-order valence-corrected chi connectivity index (χ3v) is 7.93. The normalized spacial score (nSPS) is 13.1. The molecule has 2 atom stereocenters. The highest BCUT2D eigenvalue weighted by molar-refractivity contribution is 7.11. The van der Waals surface area contributed by atoms with Gasteiger partial charge >= 0.3 is 0 Å². The van der Waals surface area contributed by atoms with Crippen LogP contribution >= 0.6 is 45.9 Å². The van der Waals surface area contributed by atoms with Gasteiger partial charge in [-0.05, 0) is 71.1 Å². The van der Waals surface area contributed by atoms with Crippen molar-refractivity contribution in [1.29, 1.82) is 0 Å². The molecule has 4 rings (SSSR count). The summed E-state index contributed by atoms with van der Waals surface area (Å²) in [7, 11) is 0. The molecule has 0 aromatic carbocycles. The lowest BCUT2D eigenvalue weighted by Gasteiger charge is -2.22. The van der Waals surface area contributed by atoms with Gasteiger partial charge in [-0.3, -0.25) is 14.8 Å². The molecular weight excluding hydrogens is 455 g/mol. The molecule has 4 heterocycles. The van der Waals surface area contributed by atoms with Gasteiger partial charge in [-0.2, -0.15) is 0 Å². The van der Waals surface area contributed by atoms with Crippen LogP contribution in [-0.4, -0.2) is 15.8 Å². The van der Waals surface area contributed by atoms with E-state index in [1.54, 1.807) is 24.8 Å². The molecule has 4 aromatic heterocycles. The SMILES string of the molecule is O=C(C(Cc1ccncc1)c1sccc1Cl)C(Cc1ccncc1)c1sccc1Cl. The maximum Gasteiger partial charge on any atom is 0.150 e. The molecule has 0 saturated carbocycles. The molecule has 0 bridgehead atoms. The fraction of sp³-hybridized carbons (Fsp3) is 0.174. The Morgan fingerprint density at radius 1 is 0.733 bits per heavy atom. The molecule has 0 aliphatic rings. The van der Waals surface area contributed by atoms with Gasteiger partial charge in [0.2, 0.25) is 0 Å². The number of aromatic nitrogens is 2. The number of Topliss-reactive ketones (excluding diaryl/α,β-unsaturated/α-hetero) is 1. The number of pyridine rings is 2. The van der Waals surface area contributed by atoms with Crippen molar-refractivity contribution in [2.75, 3.05) is 0 Å². The lowest BCUT2D eigenvalue weighted by molar-refractivity contribution is -0.121. The zero-order valence-corrected chi connectivity index (χ0v) is 19.0. The van der Waals surface area contributed by atoms with Crippen LogP contribution in [0.3, 0.4) is 0 Å². The number of hydrogen-bond acceptors (Lipinski definition) is 5. The van der Waals surface area contributed by atoms with Crippen LogP contribution in [-0.2, 0) is 17.6 Å². The van der Waals surface area contributed by atoms with E-state index in [4.69, 9.17) is 23.2 Å². The van der Waals surface area contributed by atoms with Crippen molar-refractivity contribution in [3.63, 3.8) is 0 Å². The van der Waals surface area contributed by atoms with E-state index in [1.807, 2.05) is 47.2 Å². The largest absolute Gasteiger partial charge is 0.298 e. The number of rotatable bonds is 8. The standard InChI is InChI=1S/C23H18Cl2N2OS2/c24-19-5-11-29-22(19)17(13-15-1-7-26-8-2-15)21(28)18(23-20(25)6-12-30-23)14-16-3-9-27-10-4-16/h1-12,17-18H,13-14H2. The van der Waals surface area contributed by atoms with E-state index in [2.05, 4.69) is 9.97 Å². The number of carbonyl (C=O) groups excluding carboxylic acids is 1. The van der Waals surface area contributed by atoms with Gasteiger partial charge in [-0.1, -0.05) is 23.2 Å². The van der Waals surface area contributed by atoms with E-state index in [0.717, 1.165) is 20.9 Å². The van der Waals surface area contributed by atoms with Crippen LogP contribution < -0.4 is 0 Å². The van der Waals surface area contributed by atoms with Gasteiger partial charge in [0.25, 0.3) is 0 Å². The summed E-state index contributed by atoms with van der Waals surface area (Å²) in [6.45, 7) is 0. The molecule has 0 spiro atoms. The van der Waals surface area contributed by atoms with Gasteiger partial charge in [0.1, 0.15) is 5.78 Å². The molecule has 0 aliphatic carbocycles. The van der Waals surface area contributed by atoms with Crippen molar-refractivity contribution in [3.05, 3.63) is 103 Å². The molecule has 4 aromatic rings. The lowest BCUT2D eigenvalue weighted by atomic mass is 9.83. The van der Waals surface area contributed by atoms with E-state index in [9.17, 15) is 4.79 Å². The zero-order chi connectivity index (χ0) is 20.9. The molecule has 152 valence electrons. The summed E-state index contributed by atoms with van der Waals surface area (Å²) in [4.78, 5) is 24.0. The van der Waals surface area contributed by atoms with Gasteiger partial charge in [0, 0.05) is 34.5 Å². The maximum atomic E-state index is 14.0. The molecule has 0 radical (unpaired) electrons. The summed E-state index contributed by atoms with van der Waals surface area (Å²) in [5.41, 5.74) is 2.10. The summed E-state index contributed by atoms with van der Waals surface area (Å²) in [6, 6.07) is 11.5. The van der Waals surface area contributed by atoms with Gasteiger partial charge < -0.3 is 0 Å². The Bertz CT molecular complexity index is 1020. The van der Waals surface area contributed by atoms with Gasteiger partial charge in [-0.15, -0.1) is 22.7 Å². The Balaban J connectivity index is 1.73. The van der Waals surface area contributed by atoms with Crippen LogP contribution in [0.15, 0.2) is 71.9 Å². The summed E-state index contributed by atoms with van der Waals surface area (Å²) < 4.78 is 0. The minimum atomic E-state index is -0.357. The highest BCUT2D eigenvalue weighted by Crippen LogP contribution is 2.40. The Kier molecular flexibility index (Phi) is 6.95. The van der Waals surface area contributed by atoms with E-state index in [0.29, 0.717) is 22.9 Å². The van der Waals surface area contributed by atoms with Crippen molar-refractivity contribution in [1.82, 2.24) is 9.97 Å². The number of carbonyl (C=O) groups is 1. The van der Waals surface area contributed by atoms with Crippen molar-refractivity contribution >= 4 is 51.7 Å². The first-order chi connectivity index (χ1) is 14.6. The van der Waals surface area contributed by atoms with E-state index in [1.165, 1.54) is 22.7 Å². The summed E-state index contributed by atoms with van der Waals surface area (Å²) in [6.07, 6.45) is 8.12. The molecule has 0 N–H and O–H groups in total. The number of ketones is 1. The Labute approximate surface area is 193 Å². The predicted molar refractivity (Wildman–Crippen MR) is 125 cm³/mol. The monoisotopic (exact) mass is 472 g/mol.